The monoisotopic (exact) mass is 297 g/mol. The molecule has 2 aromatic rings. The van der Waals surface area contributed by atoms with Crippen LogP contribution in [0.1, 0.15) is 41.6 Å². The maximum Gasteiger partial charge on any atom is 0.416 e. The molecule has 21 heavy (non-hydrogen) atoms. The largest absolute Gasteiger partial charge is 0.416 e. The highest BCUT2D eigenvalue weighted by molar-refractivity contribution is 5.49. The topological polar surface area (TPSA) is 51.0 Å². The van der Waals surface area contributed by atoms with Crippen LogP contribution in [0.4, 0.5) is 18.9 Å². The van der Waals surface area contributed by atoms with Crippen LogP contribution in [0.15, 0.2) is 22.7 Å². The second kappa shape index (κ2) is 5.05. The van der Waals surface area contributed by atoms with Crippen molar-refractivity contribution < 1.29 is 17.7 Å². The highest BCUT2D eigenvalue weighted by Crippen LogP contribution is 2.38. The number of alkyl halides is 3. The zero-order chi connectivity index (χ0) is 15.0. The number of rotatable bonds is 4. The molecule has 0 atom stereocenters. The number of aromatic nitrogens is 2. The van der Waals surface area contributed by atoms with Crippen LogP contribution in [0, 0.1) is 6.92 Å². The molecule has 0 unspecified atom stereocenters. The summed E-state index contributed by atoms with van der Waals surface area (Å²) in [4.78, 5) is 4.21. The Morgan fingerprint density at radius 1 is 1.33 bits per heavy atom. The van der Waals surface area contributed by atoms with Gasteiger partial charge in [-0.1, -0.05) is 11.2 Å². The van der Waals surface area contributed by atoms with Crippen molar-refractivity contribution >= 4 is 5.69 Å². The van der Waals surface area contributed by atoms with Crippen molar-refractivity contribution in [2.24, 2.45) is 0 Å². The lowest BCUT2D eigenvalue weighted by molar-refractivity contribution is -0.138. The van der Waals surface area contributed by atoms with Gasteiger partial charge in [-0.3, -0.25) is 0 Å². The fourth-order valence-electron chi connectivity index (χ4n) is 2.06. The lowest BCUT2D eigenvalue weighted by atomic mass is 10.1. The molecule has 0 aliphatic heterocycles. The van der Waals surface area contributed by atoms with Gasteiger partial charge in [0, 0.05) is 11.6 Å². The third-order valence-electron chi connectivity index (χ3n) is 3.41. The molecule has 4 nitrogen and oxygen atoms in total. The summed E-state index contributed by atoms with van der Waals surface area (Å²) in [6, 6.07) is 4.13. The first-order valence-corrected chi connectivity index (χ1v) is 6.67. The normalized spacial score (nSPS) is 15.2. The van der Waals surface area contributed by atoms with Crippen molar-refractivity contribution in [2.75, 3.05) is 5.32 Å². The molecule has 7 heteroatoms. The zero-order valence-electron chi connectivity index (χ0n) is 11.4. The summed E-state index contributed by atoms with van der Waals surface area (Å²) in [7, 11) is 0. The predicted molar refractivity (Wildman–Crippen MR) is 69.8 cm³/mol. The SMILES string of the molecule is Cc1ccc(NCc2nc(C3CC3)no2)cc1C(F)(F)F. The Hall–Kier alpha value is -2.05. The van der Waals surface area contributed by atoms with Gasteiger partial charge in [0.05, 0.1) is 12.1 Å². The van der Waals surface area contributed by atoms with E-state index in [9.17, 15) is 13.2 Å². The second-order valence-corrected chi connectivity index (χ2v) is 5.20. The third-order valence-corrected chi connectivity index (χ3v) is 3.41. The predicted octanol–water partition coefficient (Wildman–Crippen LogP) is 3.89. The van der Waals surface area contributed by atoms with Crippen molar-refractivity contribution in [2.45, 2.75) is 38.4 Å². The molecule has 3 rings (SSSR count). The first-order chi connectivity index (χ1) is 9.93. The molecule has 112 valence electrons. The molecule has 0 radical (unpaired) electrons. The van der Waals surface area contributed by atoms with Crippen molar-refractivity contribution in [3.05, 3.63) is 41.0 Å². The Morgan fingerprint density at radius 3 is 2.76 bits per heavy atom. The van der Waals surface area contributed by atoms with Gasteiger partial charge >= 0.3 is 6.18 Å². The van der Waals surface area contributed by atoms with Gasteiger partial charge in [0.1, 0.15) is 0 Å². The molecule has 0 bridgehead atoms. The fraction of sp³-hybridized carbons (Fsp3) is 0.429. The van der Waals surface area contributed by atoms with E-state index in [4.69, 9.17) is 4.52 Å². The molecule has 1 heterocycles. The lowest BCUT2D eigenvalue weighted by Gasteiger charge is -2.12. The molecule has 1 aliphatic carbocycles. The smallest absolute Gasteiger partial charge is 0.376 e. The molecular weight excluding hydrogens is 283 g/mol. The van der Waals surface area contributed by atoms with E-state index in [0.717, 1.165) is 18.9 Å². The number of nitrogens with zero attached hydrogens (tertiary/aromatic N) is 2. The van der Waals surface area contributed by atoms with E-state index < -0.39 is 11.7 Å². The van der Waals surface area contributed by atoms with Crippen molar-refractivity contribution in [1.29, 1.82) is 0 Å². The van der Waals surface area contributed by atoms with E-state index in [1.54, 1.807) is 6.07 Å². The Kier molecular flexibility index (Phi) is 3.35. The van der Waals surface area contributed by atoms with Crippen molar-refractivity contribution in [1.82, 2.24) is 10.1 Å². The maximum atomic E-state index is 12.8. The number of halogens is 3. The van der Waals surface area contributed by atoms with Crippen molar-refractivity contribution in [3.63, 3.8) is 0 Å². The van der Waals surface area contributed by atoms with Gasteiger partial charge in [-0.2, -0.15) is 18.2 Å². The van der Waals surface area contributed by atoms with Crippen LogP contribution in [-0.4, -0.2) is 10.1 Å². The van der Waals surface area contributed by atoms with Gasteiger partial charge in [0.2, 0.25) is 5.89 Å². The maximum absolute atomic E-state index is 12.8. The van der Waals surface area contributed by atoms with Crippen molar-refractivity contribution in [3.8, 4) is 0 Å². The summed E-state index contributed by atoms with van der Waals surface area (Å²) in [5.74, 6) is 1.46. The van der Waals surface area contributed by atoms with Crippen LogP contribution in [0.3, 0.4) is 0 Å². The standard InChI is InChI=1S/C14H14F3N3O/c1-8-2-5-10(6-11(8)14(15,16)17)18-7-12-19-13(20-21-12)9-3-4-9/h2,5-6,9,18H,3-4,7H2,1H3. The summed E-state index contributed by atoms with van der Waals surface area (Å²) in [6.45, 7) is 1.65. The highest BCUT2D eigenvalue weighted by atomic mass is 19.4. The number of hydrogen-bond donors (Lipinski definition) is 1. The Balaban J connectivity index is 1.69. The van der Waals surface area contributed by atoms with Crippen LogP contribution in [-0.2, 0) is 12.7 Å². The summed E-state index contributed by atoms with van der Waals surface area (Å²) in [5, 5.41) is 6.73. The van der Waals surface area contributed by atoms with E-state index in [-0.39, 0.29) is 12.1 Å². The molecule has 1 aromatic carbocycles. The minimum Gasteiger partial charge on any atom is -0.376 e. The minimum absolute atomic E-state index is 0.196. The molecule has 1 aliphatic rings. The average Bonchev–Trinajstić information content (AvgIpc) is 3.16. The van der Waals surface area contributed by atoms with E-state index in [1.807, 2.05) is 0 Å². The molecule has 0 amide bonds. The van der Waals surface area contributed by atoms with Crippen LogP contribution < -0.4 is 5.32 Å². The first-order valence-electron chi connectivity index (χ1n) is 6.67. The third kappa shape index (κ3) is 3.17. The molecule has 1 aromatic heterocycles. The Bertz CT molecular complexity index is 647. The first kappa shape index (κ1) is 13.9. The summed E-state index contributed by atoms with van der Waals surface area (Å²) in [6.07, 6.45) is -2.22. The number of nitrogens with one attached hydrogen (secondary N) is 1. The van der Waals surface area contributed by atoms with Gasteiger partial charge in [-0.05, 0) is 37.5 Å². The van der Waals surface area contributed by atoms with E-state index >= 15 is 0 Å². The van der Waals surface area contributed by atoms with Gasteiger partial charge in [0.25, 0.3) is 0 Å². The molecule has 1 N–H and O–H groups in total. The van der Waals surface area contributed by atoms with Crippen LogP contribution in [0.5, 0.6) is 0 Å². The summed E-state index contributed by atoms with van der Waals surface area (Å²) in [5.41, 5.74) is -0.0716. The Morgan fingerprint density at radius 2 is 2.10 bits per heavy atom. The number of benzene rings is 1. The minimum atomic E-state index is -4.36. The quantitative estimate of drug-likeness (QED) is 0.930. The van der Waals surface area contributed by atoms with E-state index in [0.29, 0.717) is 23.3 Å². The van der Waals surface area contributed by atoms with Crippen LogP contribution >= 0.6 is 0 Å². The van der Waals surface area contributed by atoms with Gasteiger partial charge in [0.15, 0.2) is 5.82 Å². The van der Waals surface area contributed by atoms with E-state index in [2.05, 4.69) is 15.5 Å². The number of anilines is 1. The number of hydrogen-bond acceptors (Lipinski definition) is 4. The molecule has 0 saturated heterocycles. The molecular formula is C14H14F3N3O. The fourth-order valence-corrected chi connectivity index (χ4v) is 2.06. The second-order valence-electron chi connectivity index (χ2n) is 5.20. The molecule has 0 spiro atoms. The van der Waals surface area contributed by atoms with E-state index in [1.165, 1.54) is 13.0 Å². The van der Waals surface area contributed by atoms with Gasteiger partial charge in [-0.15, -0.1) is 0 Å². The zero-order valence-corrected chi connectivity index (χ0v) is 11.4. The average molecular weight is 297 g/mol. The van der Waals surface area contributed by atoms with Crippen LogP contribution in [0.2, 0.25) is 0 Å². The summed E-state index contributed by atoms with van der Waals surface area (Å²) < 4.78 is 43.5. The summed E-state index contributed by atoms with van der Waals surface area (Å²) >= 11 is 0. The van der Waals surface area contributed by atoms with Gasteiger partial charge < -0.3 is 9.84 Å². The lowest BCUT2D eigenvalue weighted by Crippen LogP contribution is -2.09. The van der Waals surface area contributed by atoms with Gasteiger partial charge in [-0.25, -0.2) is 0 Å². The highest BCUT2D eigenvalue weighted by Gasteiger charge is 2.32. The Labute approximate surface area is 119 Å². The van der Waals surface area contributed by atoms with Crippen LogP contribution in [0.25, 0.3) is 0 Å². The molecule has 1 saturated carbocycles. The number of aryl methyl sites for hydroxylation is 1. The molecule has 1 fully saturated rings.